The molecule has 114 valence electrons. The van der Waals surface area contributed by atoms with E-state index >= 15 is 0 Å². The van der Waals surface area contributed by atoms with Crippen molar-refractivity contribution in [3.8, 4) is 11.3 Å². The predicted molar refractivity (Wildman–Crippen MR) is 81.8 cm³/mol. The number of hydrogen-bond acceptors (Lipinski definition) is 3. The number of aromatic amines is 1. The number of rotatable bonds is 4. The van der Waals surface area contributed by atoms with Crippen LogP contribution in [0.5, 0.6) is 0 Å². The molecule has 0 saturated heterocycles. The van der Waals surface area contributed by atoms with Crippen LogP contribution in [0.1, 0.15) is 24.2 Å². The van der Waals surface area contributed by atoms with Gasteiger partial charge >= 0.3 is 0 Å². The molecule has 21 heavy (non-hydrogen) atoms. The highest BCUT2D eigenvalue weighted by atomic mass is 35.5. The van der Waals surface area contributed by atoms with E-state index in [-0.39, 0.29) is 24.1 Å². The second-order valence-electron chi connectivity index (χ2n) is 5.34. The van der Waals surface area contributed by atoms with E-state index < -0.39 is 5.54 Å². The third kappa shape index (κ3) is 4.54. The Morgan fingerprint density at radius 1 is 1.38 bits per heavy atom. The van der Waals surface area contributed by atoms with Gasteiger partial charge in [0.15, 0.2) is 0 Å². The Kier molecular flexibility index (Phi) is 5.46. The smallest absolute Gasteiger partial charge is 0.255 e. The summed E-state index contributed by atoms with van der Waals surface area (Å²) in [5.41, 5.74) is 6.98. The maximum absolute atomic E-state index is 12.9. The number of H-pyrrole nitrogens is 1. The molecule has 1 heterocycles. The average molecular weight is 313 g/mol. The van der Waals surface area contributed by atoms with Crippen LogP contribution in [0.3, 0.4) is 0 Å². The van der Waals surface area contributed by atoms with Crippen molar-refractivity contribution in [1.82, 2.24) is 15.5 Å². The predicted octanol–water partition coefficient (Wildman–Crippen LogP) is 2.10. The number of nitrogens with one attached hydrogen (secondary N) is 2. The van der Waals surface area contributed by atoms with E-state index in [9.17, 15) is 9.18 Å². The van der Waals surface area contributed by atoms with Gasteiger partial charge in [0.25, 0.3) is 5.91 Å². The number of hydrogen-bond donors (Lipinski definition) is 3. The normalized spacial score (nSPS) is 10.9. The largest absolute Gasteiger partial charge is 0.350 e. The highest BCUT2D eigenvalue weighted by Crippen LogP contribution is 2.21. The van der Waals surface area contributed by atoms with Crippen LogP contribution in [0.4, 0.5) is 4.39 Å². The lowest BCUT2D eigenvalue weighted by Crippen LogP contribution is -2.45. The average Bonchev–Trinajstić information content (AvgIpc) is 2.85. The van der Waals surface area contributed by atoms with Crippen molar-refractivity contribution in [2.24, 2.45) is 5.73 Å². The van der Waals surface area contributed by atoms with Gasteiger partial charge in [-0.25, -0.2) is 4.39 Å². The van der Waals surface area contributed by atoms with E-state index in [1.807, 2.05) is 13.8 Å². The lowest BCUT2D eigenvalue weighted by Gasteiger charge is -2.18. The van der Waals surface area contributed by atoms with Crippen molar-refractivity contribution in [2.75, 3.05) is 6.54 Å². The highest BCUT2D eigenvalue weighted by Gasteiger charge is 2.18. The van der Waals surface area contributed by atoms with Crippen molar-refractivity contribution in [3.63, 3.8) is 0 Å². The first-order valence-electron chi connectivity index (χ1n) is 6.23. The second-order valence-corrected chi connectivity index (χ2v) is 5.34. The molecule has 0 saturated carbocycles. The Hall–Kier alpha value is -1.92. The molecule has 2 rings (SSSR count). The summed E-state index contributed by atoms with van der Waals surface area (Å²) in [6.45, 7) is 3.99. The van der Waals surface area contributed by atoms with Crippen LogP contribution in [0.2, 0.25) is 0 Å². The molecule has 0 unspecified atom stereocenters. The van der Waals surface area contributed by atoms with Crippen molar-refractivity contribution in [1.29, 1.82) is 0 Å². The SMILES string of the molecule is CC(C)(N)CNC(=O)c1cn[nH]c1-c1ccc(F)cc1.Cl. The van der Waals surface area contributed by atoms with E-state index in [2.05, 4.69) is 15.5 Å². The Morgan fingerprint density at radius 3 is 2.57 bits per heavy atom. The third-order valence-corrected chi connectivity index (χ3v) is 2.72. The quantitative estimate of drug-likeness (QED) is 0.808. The third-order valence-electron chi connectivity index (χ3n) is 2.72. The number of halogens is 2. The first kappa shape index (κ1) is 17.1. The van der Waals surface area contributed by atoms with Gasteiger partial charge in [-0.15, -0.1) is 12.4 Å². The molecule has 0 atom stereocenters. The molecule has 7 heteroatoms. The zero-order chi connectivity index (χ0) is 14.8. The number of nitrogens with zero attached hydrogens (tertiary/aromatic N) is 1. The van der Waals surface area contributed by atoms with Gasteiger partial charge in [-0.1, -0.05) is 0 Å². The molecule has 0 bridgehead atoms. The van der Waals surface area contributed by atoms with E-state index in [1.165, 1.54) is 18.3 Å². The molecule has 0 aliphatic heterocycles. The minimum absolute atomic E-state index is 0. The number of nitrogens with two attached hydrogens (primary N) is 1. The summed E-state index contributed by atoms with van der Waals surface area (Å²) in [7, 11) is 0. The van der Waals surface area contributed by atoms with E-state index in [1.54, 1.807) is 12.1 Å². The zero-order valence-electron chi connectivity index (χ0n) is 11.8. The van der Waals surface area contributed by atoms with Gasteiger partial charge in [-0.2, -0.15) is 5.10 Å². The minimum atomic E-state index is -0.491. The van der Waals surface area contributed by atoms with Gasteiger partial charge in [-0.05, 0) is 38.1 Å². The number of carbonyl (C=O) groups excluding carboxylic acids is 1. The van der Waals surface area contributed by atoms with Gasteiger partial charge in [0, 0.05) is 17.6 Å². The first-order valence-corrected chi connectivity index (χ1v) is 6.23. The summed E-state index contributed by atoms with van der Waals surface area (Å²) in [5, 5.41) is 9.38. The summed E-state index contributed by atoms with van der Waals surface area (Å²) in [6, 6.07) is 5.85. The van der Waals surface area contributed by atoms with Crippen molar-refractivity contribution < 1.29 is 9.18 Å². The Labute approximate surface area is 128 Å². The van der Waals surface area contributed by atoms with E-state index in [0.717, 1.165) is 0 Å². The first-order chi connectivity index (χ1) is 9.37. The molecule has 0 fully saturated rings. The number of aromatic nitrogens is 2. The lowest BCUT2D eigenvalue weighted by atomic mass is 10.1. The molecule has 5 nitrogen and oxygen atoms in total. The zero-order valence-corrected chi connectivity index (χ0v) is 12.6. The van der Waals surface area contributed by atoms with Crippen LogP contribution in [0.25, 0.3) is 11.3 Å². The summed E-state index contributed by atoms with van der Waals surface area (Å²) < 4.78 is 12.9. The van der Waals surface area contributed by atoms with Gasteiger partial charge in [0.05, 0.1) is 17.5 Å². The van der Waals surface area contributed by atoms with Crippen LogP contribution >= 0.6 is 12.4 Å². The standard InChI is InChI=1S/C14H17FN4O.ClH/c1-14(2,16)8-17-13(20)11-7-18-19-12(11)9-3-5-10(15)6-4-9;/h3-7H,8,16H2,1-2H3,(H,17,20)(H,18,19);1H. The van der Waals surface area contributed by atoms with E-state index in [0.29, 0.717) is 23.4 Å². The molecular formula is C14H18ClFN4O. The molecule has 0 aliphatic rings. The molecule has 1 aromatic carbocycles. The van der Waals surface area contributed by atoms with Crippen LogP contribution < -0.4 is 11.1 Å². The van der Waals surface area contributed by atoms with Gasteiger partial charge in [0.2, 0.25) is 0 Å². The minimum Gasteiger partial charge on any atom is -0.350 e. The van der Waals surface area contributed by atoms with E-state index in [4.69, 9.17) is 5.73 Å². The summed E-state index contributed by atoms with van der Waals surface area (Å²) in [5.74, 6) is -0.597. The number of benzene rings is 1. The fourth-order valence-corrected chi connectivity index (χ4v) is 1.70. The Balaban J connectivity index is 0.00000220. The maximum Gasteiger partial charge on any atom is 0.255 e. The molecule has 1 aromatic heterocycles. The molecule has 1 amide bonds. The molecule has 0 aliphatic carbocycles. The van der Waals surface area contributed by atoms with Gasteiger partial charge in [0.1, 0.15) is 5.82 Å². The Morgan fingerprint density at radius 2 is 2.00 bits per heavy atom. The summed E-state index contributed by atoms with van der Waals surface area (Å²) in [4.78, 5) is 12.1. The lowest BCUT2D eigenvalue weighted by molar-refractivity contribution is 0.0947. The fourth-order valence-electron chi connectivity index (χ4n) is 1.70. The Bertz CT molecular complexity index is 604. The molecule has 0 radical (unpaired) electrons. The monoisotopic (exact) mass is 312 g/mol. The summed E-state index contributed by atoms with van der Waals surface area (Å²) >= 11 is 0. The van der Waals surface area contributed by atoms with Crippen molar-refractivity contribution in [2.45, 2.75) is 19.4 Å². The van der Waals surface area contributed by atoms with Crippen LogP contribution in [-0.2, 0) is 0 Å². The molecule has 4 N–H and O–H groups in total. The van der Waals surface area contributed by atoms with Crippen molar-refractivity contribution >= 4 is 18.3 Å². The number of carbonyl (C=O) groups is 1. The van der Waals surface area contributed by atoms with Crippen LogP contribution in [0.15, 0.2) is 30.5 Å². The molecule has 2 aromatic rings. The second kappa shape index (κ2) is 6.69. The summed E-state index contributed by atoms with van der Waals surface area (Å²) in [6.07, 6.45) is 1.44. The molecule has 0 spiro atoms. The van der Waals surface area contributed by atoms with Crippen LogP contribution in [0, 0.1) is 5.82 Å². The van der Waals surface area contributed by atoms with Crippen molar-refractivity contribution in [3.05, 3.63) is 41.8 Å². The fraction of sp³-hybridized carbons (Fsp3) is 0.286. The van der Waals surface area contributed by atoms with Gasteiger partial charge in [-0.3, -0.25) is 9.89 Å². The number of amides is 1. The van der Waals surface area contributed by atoms with Crippen LogP contribution in [-0.4, -0.2) is 28.2 Å². The maximum atomic E-state index is 12.9. The topological polar surface area (TPSA) is 83.8 Å². The molecular weight excluding hydrogens is 295 g/mol. The highest BCUT2D eigenvalue weighted by molar-refractivity contribution is 5.99. The van der Waals surface area contributed by atoms with Gasteiger partial charge < -0.3 is 11.1 Å².